The van der Waals surface area contributed by atoms with Crippen LogP contribution in [0.2, 0.25) is 0 Å². The van der Waals surface area contributed by atoms with Crippen molar-refractivity contribution in [2.24, 2.45) is 7.05 Å². The largest absolute Gasteiger partial charge is 0.467 e. The SMILES string of the molecule is COC(=O)[C@H](Cc1ccc(-c2cc3cc(F)ccc3n(C)c2=O)c2nccn12)NC(=O)c1c(F)cc(N2CCOC[C@@H]2C)cc1F. The number of carbonyl (C=O) groups excluding carboxylic acids is 2. The van der Waals surface area contributed by atoms with E-state index in [-0.39, 0.29) is 29.3 Å². The predicted molar refractivity (Wildman–Crippen MR) is 164 cm³/mol. The van der Waals surface area contributed by atoms with E-state index < -0.39 is 40.9 Å². The van der Waals surface area contributed by atoms with Crippen LogP contribution in [0.25, 0.3) is 27.7 Å². The molecular weight excluding hydrogens is 603 g/mol. The second-order valence-electron chi connectivity index (χ2n) is 11.1. The average molecular weight is 634 g/mol. The first kappa shape index (κ1) is 30.8. The summed E-state index contributed by atoms with van der Waals surface area (Å²) >= 11 is 0. The van der Waals surface area contributed by atoms with Crippen LogP contribution in [-0.4, -0.2) is 64.8 Å². The lowest BCUT2D eigenvalue weighted by molar-refractivity contribution is -0.142. The van der Waals surface area contributed by atoms with Crippen LogP contribution in [0.4, 0.5) is 18.9 Å². The number of ether oxygens (including phenoxy) is 2. The number of nitrogens with zero attached hydrogens (tertiary/aromatic N) is 4. The Morgan fingerprint density at radius 3 is 2.57 bits per heavy atom. The van der Waals surface area contributed by atoms with Crippen molar-refractivity contribution in [1.82, 2.24) is 19.3 Å². The topological polar surface area (TPSA) is 107 Å². The average Bonchev–Trinajstić information content (AvgIpc) is 3.53. The summed E-state index contributed by atoms with van der Waals surface area (Å²) in [6.07, 6.45) is 2.97. The maximum atomic E-state index is 15.2. The zero-order valence-electron chi connectivity index (χ0n) is 25.2. The fraction of sp³-hybridized carbons (Fsp3) is 0.273. The maximum Gasteiger partial charge on any atom is 0.328 e. The summed E-state index contributed by atoms with van der Waals surface area (Å²) < 4.78 is 57.8. The standard InChI is InChI=1S/C33H30F3N5O5/c1-18-17-46-11-10-40(18)22-14-25(35)29(26(36)15-22)31(42)38-27(33(44)45-3)16-21-5-6-23(30-37-8-9-41(21)30)24-13-19-12-20(34)4-7-28(19)39(2)32(24)43/h4-9,12-15,18,27H,10-11,16-17H2,1-3H3,(H,38,42)/t18-,27-/m0/s1. The molecule has 1 fully saturated rings. The van der Waals surface area contributed by atoms with Crippen LogP contribution in [0.5, 0.6) is 0 Å². The molecule has 3 aromatic heterocycles. The van der Waals surface area contributed by atoms with E-state index in [1.165, 1.54) is 29.0 Å². The number of hydrogen-bond donors (Lipinski definition) is 1. The molecule has 10 nitrogen and oxygen atoms in total. The minimum Gasteiger partial charge on any atom is -0.467 e. The minimum atomic E-state index is -1.33. The first-order chi connectivity index (χ1) is 22.1. The van der Waals surface area contributed by atoms with Crippen molar-refractivity contribution in [2.45, 2.75) is 25.4 Å². The van der Waals surface area contributed by atoms with Crippen LogP contribution in [0.15, 0.2) is 65.7 Å². The summed E-state index contributed by atoms with van der Waals surface area (Å²) in [5, 5.41) is 2.94. The second kappa shape index (κ2) is 12.3. The highest BCUT2D eigenvalue weighted by Crippen LogP contribution is 2.28. The fourth-order valence-electron chi connectivity index (χ4n) is 5.92. The van der Waals surface area contributed by atoms with Crippen molar-refractivity contribution in [2.75, 3.05) is 31.8 Å². The van der Waals surface area contributed by atoms with Crippen molar-refractivity contribution < 1.29 is 32.2 Å². The molecule has 1 aliphatic rings. The van der Waals surface area contributed by atoms with E-state index in [1.54, 1.807) is 40.7 Å². The highest BCUT2D eigenvalue weighted by atomic mass is 19.1. The number of halogens is 3. The smallest absolute Gasteiger partial charge is 0.328 e. The molecule has 1 N–H and O–H groups in total. The number of imidazole rings is 1. The monoisotopic (exact) mass is 633 g/mol. The third-order valence-electron chi connectivity index (χ3n) is 8.27. The Balaban J connectivity index is 1.31. The molecule has 0 bridgehead atoms. The van der Waals surface area contributed by atoms with Gasteiger partial charge in [-0.1, -0.05) is 0 Å². The van der Waals surface area contributed by atoms with E-state index in [9.17, 15) is 18.8 Å². The van der Waals surface area contributed by atoms with Crippen LogP contribution in [0.3, 0.4) is 0 Å². The number of fused-ring (bicyclic) bond motifs is 2. The Bertz CT molecular complexity index is 2040. The van der Waals surface area contributed by atoms with Crippen LogP contribution >= 0.6 is 0 Å². The number of rotatable bonds is 7. The lowest BCUT2D eigenvalue weighted by Crippen LogP contribution is -2.44. The molecule has 0 saturated carbocycles. The number of esters is 1. The number of nitrogens with one attached hydrogen (secondary N) is 1. The van der Waals surface area contributed by atoms with Gasteiger partial charge in [-0.05, 0) is 55.5 Å². The van der Waals surface area contributed by atoms with Crippen molar-refractivity contribution in [3.63, 3.8) is 0 Å². The van der Waals surface area contributed by atoms with E-state index in [0.29, 0.717) is 47.6 Å². The highest BCUT2D eigenvalue weighted by molar-refractivity contribution is 5.97. The molecule has 238 valence electrons. The van der Waals surface area contributed by atoms with E-state index in [2.05, 4.69) is 10.3 Å². The third-order valence-corrected chi connectivity index (χ3v) is 8.27. The highest BCUT2D eigenvalue weighted by Gasteiger charge is 2.29. The van der Waals surface area contributed by atoms with Crippen LogP contribution in [-0.2, 0) is 27.7 Å². The van der Waals surface area contributed by atoms with Gasteiger partial charge in [0.1, 0.15) is 34.7 Å². The van der Waals surface area contributed by atoms with Crippen LogP contribution in [0, 0.1) is 17.5 Å². The van der Waals surface area contributed by atoms with Gasteiger partial charge >= 0.3 is 5.97 Å². The van der Waals surface area contributed by atoms with Gasteiger partial charge in [0.05, 0.1) is 31.4 Å². The molecular formula is C33H30F3N5O5. The molecule has 0 unspecified atom stereocenters. The first-order valence-corrected chi connectivity index (χ1v) is 14.5. The number of pyridine rings is 2. The molecule has 0 spiro atoms. The van der Waals surface area contributed by atoms with Gasteiger partial charge < -0.3 is 28.7 Å². The molecule has 46 heavy (non-hydrogen) atoms. The number of morpholine rings is 1. The number of methoxy groups -OCH3 is 1. The molecule has 1 saturated heterocycles. The molecule has 2 atom stereocenters. The van der Waals surface area contributed by atoms with Crippen molar-refractivity contribution in [1.29, 1.82) is 0 Å². The quantitative estimate of drug-likeness (QED) is 0.270. The Kier molecular flexibility index (Phi) is 8.26. The minimum absolute atomic E-state index is 0.116. The summed E-state index contributed by atoms with van der Waals surface area (Å²) in [4.78, 5) is 45.5. The van der Waals surface area contributed by atoms with Gasteiger partial charge in [0.25, 0.3) is 11.5 Å². The second-order valence-corrected chi connectivity index (χ2v) is 11.1. The predicted octanol–water partition coefficient (Wildman–Crippen LogP) is 4.01. The van der Waals surface area contributed by atoms with E-state index >= 15 is 8.78 Å². The number of anilines is 1. The molecule has 0 aliphatic carbocycles. The number of hydrogen-bond acceptors (Lipinski definition) is 7. The van der Waals surface area contributed by atoms with Crippen molar-refractivity contribution >= 4 is 34.1 Å². The summed E-state index contributed by atoms with van der Waals surface area (Å²) in [5.41, 5.74) is 1.26. The molecule has 5 aromatic rings. The summed E-state index contributed by atoms with van der Waals surface area (Å²) in [5.74, 6) is -4.56. The van der Waals surface area contributed by atoms with Gasteiger partial charge in [-0.2, -0.15) is 0 Å². The number of aryl methyl sites for hydroxylation is 1. The molecule has 1 amide bonds. The first-order valence-electron chi connectivity index (χ1n) is 14.5. The number of benzene rings is 2. The lowest BCUT2D eigenvalue weighted by Gasteiger charge is -2.35. The van der Waals surface area contributed by atoms with Gasteiger partial charge in [0.15, 0.2) is 0 Å². The number of aromatic nitrogens is 3. The Labute approximate surface area is 261 Å². The summed E-state index contributed by atoms with van der Waals surface area (Å²) in [6.45, 7) is 3.10. The number of amides is 1. The molecule has 2 aromatic carbocycles. The van der Waals surface area contributed by atoms with Gasteiger partial charge in [-0.25, -0.2) is 22.9 Å². The zero-order valence-corrected chi connectivity index (χ0v) is 25.2. The summed E-state index contributed by atoms with van der Waals surface area (Å²) in [6, 6.07) is 9.75. The molecule has 13 heteroatoms. The Hall–Kier alpha value is -5.17. The number of carbonyl (C=O) groups is 2. The van der Waals surface area contributed by atoms with E-state index in [4.69, 9.17) is 9.47 Å². The molecule has 1 aliphatic heterocycles. The molecule has 4 heterocycles. The molecule has 6 rings (SSSR count). The Morgan fingerprint density at radius 1 is 1.09 bits per heavy atom. The fourth-order valence-corrected chi connectivity index (χ4v) is 5.92. The van der Waals surface area contributed by atoms with Gasteiger partial charge in [0, 0.05) is 60.8 Å². The zero-order chi connectivity index (χ0) is 32.7. The summed E-state index contributed by atoms with van der Waals surface area (Å²) in [7, 11) is 2.73. The van der Waals surface area contributed by atoms with Gasteiger partial charge in [-0.3, -0.25) is 9.59 Å². The van der Waals surface area contributed by atoms with Crippen LogP contribution < -0.4 is 15.8 Å². The van der Waals surface area contributed by atoms with Gasteiger partial charge in [0.2, 0.25) is 0 Å². The Morgan fingerprint density at radius 2 is 1.85 bits per heavy atom. The van der Waals surface area contributed by atoms with Crippen LogP contribution in [0.1, 0.15) is 23.0 Å². The van der Waals surface area contributed by atoms with Crippen molar-refractivity contribution in [3.05, 3.63) is 100.0 Å². The maximum absolute atomic E-state index is 15.2. The van der Waals surface area contributed by atoms with E-state index in [1.807, 2.05) is 6.92 Å². The normalized spacial score (nSPS) is 15.7. The lowest BCUT2D eigenvalue weighted by atomic mass is 10.0. The van der Waals surface area contributed by atoms with Gasteiger partial charge in [-0.15, -0.1) is 0 Å². The molecule has 0 radical (unpaired) electrons. The van der Waals surface area contributed by atoms with Crippen molar-refractivity contribution in [3.8, 4) is 11.1 Å². The van der Waals surface area contributed by atoms with E-state index in [0.717, 1.165) is 19.2 Å². The third kappa shape index (κ3) is 5.58.